The van der Waals surface area contributed by atoms with E-state index in [9.17, 15) is 9.59 Å². The van der Waals surface area contributed by atoms with Crippen LogP contribution in [0.3, 0.4) is 0 Å². The number of rotatable bonds is 2. The molecule has 0 saturated carbocycles. The molecule has 3 rings (SSSR count). The second kappa shape index (κ2) is 6.06. The molecule has 1 aromatic heterocycles. The number of aromatic nitrogens is 1. The standard InChI is InChI=1S/C16H23N5O2/c1-11-8-13(9-12(2)17-11)20-4-6-21(7-5-20)15(22)14-10-19(3)16(23)18-14/h8-9,14H,4-7,10H2,1-3H3,(H,18,23). The van der Waals surface area contributed by atoms with Crippen molar-refractivity contribution in [3.8, 4) is 0 Å². The molecule has 0 radical (unpaired) electrons. The van der Waals surface area contributed by atoms with Crippen LogP contribution in [-0.4, -0.2) is 72.5 Å². The van der Waals surface area contributed by atoms with E-state index in [1.165, 1.54) is 0 Å². The van der Waals surface area contributed by atoms with Gasteiger partial charge in [0.1, 0.15) is 6.04 Å². The van der Waals surface area contributed by atoms with E-state index in [-0.39, 0.29) is 11.9 Å². The molecule has 1 N–H and O–H groups in total. The Kier molecular flexibility index (Phi) is 4.11. The zero-order chi connectivity index (χ0) is 16.6. The van der Waals surface area contributed by atoms with Gasteiger partial charge in [-0.2, -0.15) is 0 Å². The first kappa shape index (κ1) is 15.6. The van der Waals surface area contributed by atoms with E-state index in [4.69, 9.17) is 0 Å². The molecular weight excluding hydrogens is 294 g/mol. The second-order valence-corrected chi connectivity index (χ2v) is 6.30. The predicted octanol–water partition coefficient (Wildman–Crippen LogP) is 0.371. The number of hydrogen-bond donors (Lipinski definition) is 1. The van der Waals surface area contributed by atoms with Crippen molar-refractivity contribution < 1.29 is 9.59 Å². The Balaban J connectivity index is 1.60. The Hall–Kier alpha value is -2.31. The Morgan fingerprint density at radius 3 is 2.30 bits per heavy atom. The van der Waals surface area contributed by atoms with Gasteiger partial charge in [-0.15, -0.1) is 0 Å². The normalized spacial score (nSPS) is 21.6. The fourth-order valence-electron chi connectivity index (χ4n) is 3.20. The Morgan fingerprint density at radius 2 is 1.78 bits per heavy atom. The lowest BCUT2D eigenvalue weighted by Gasteiger charge is -2.37. The number of carbonyl (C=O) groups excluding carboxylic acids is 2. The molecule has 2 fully saturated rings. The van der Waals surface area contributed by atoms with Crippen molar-refractivity contribution in [1.82, 2.24) is 20.1 Å². The van der Waals surface area contributed by atoms with Gasteiger partial charge < -0.3 is 20.0 Å². The smallest absolute Gasteiger partial charge is 0.317 e. The number of nitrogens with zero attached hydrogens (tertiary/aromatic N) is 4. The van der Waals surface area contributed by atoms with Crippen LogP contribution in [0.25, 0.3) is 0 Å². The van der Waals surface area contributed by atoms with Crippen LogP contribution in [0.4, 0.5) is 10.5 Å². The fraction of sp³-hybridized carbons (Fsp3) is 0.562. The summed E-state index contributed by atoms with van der Waals surface area (Å²) in [5.74, 6) is 0.0180. The van der Waals surface area contributed by atoms with E-state index < -0.39 is 6.04 Å². The van der Waals surface area contributed by atoms with Crippen LogP contribution in [0, 0.1) is 13.8 Å². The molecule has 1 unspecified atom stereocenters. The number of nitrogens with one attached hydrogen (secondary N) is 1. The first-order valence-electron chi connectivity index (χ1n) is 7.94. The SMILES string of the molecule is Cc1cc(N2CCN(C(=O)C3CN(C)C(=O)N3)CC2)cc(C)n1. The van der Waals surface area contributed by atoms with Crippen molar-refractivity contribution in [3.05, 3.63) is 23.5 Å². The number of hydrogen-bond acceptors (Lipinski definition) is 4. The van der Waals surface area contributed by atoms with Gasteiger partial charge in [0.25, 0.3) is 0 Å². The van der Waals surface area contributed by atoms with Gasteiger partial charge in [0.2, 0.25) is 5.91 Å². The summed E-state index contributed by atoms with van der Waals surface area (Å²) in [5.41, 5.74) is 3.18. The molecule has 7 heteroatoms. The number of aryl methyl sites for hydroxylation is 2. The molecule has 124 valence electrons. The summed E-state index contributed by atoms with van der Waals surface area (Å²) in [6.45, 7) is 7.38. The third-order valence-electron chi connectivity index (χ3n) is 4.42. The molecule has 3 heterocycles. The first-order valence-corrected chi connectivity index (χ1v) is 7.94. The lowest BCUT2D eigenvalue weighted by atomic mass is 10.2. The molecule has 3 amide bonds. The minimum atomic E-state index is -0.413. The lowest BCUT2D eigenvalue weighted by Crippen LogP contribution is -2.54. The van der Waals surface area contributed by atoms with Crippen molar-refractivity contribution >= 4 is 17.6 Å². The molecule has 0 aliphatic carbocycles. The maximum atomic E-state index is 12.5. The number of urea groups is 1. The molecule has 2 aliphatic rings. The maximum absolute atomic E-state index is 12.5. The minimum Gasteiger partial charge on any atom is -0.368 e. The number of likely N-dealkylation sites (N-methyl/N-ethyl adjacent to an activating group) is 1. The summed E-state index contributed by atoms with van der Waals surface area (Å²) in [6, 6.07) is 3.57. The van der Waals surface area contributed by atoms with Crippen molar-refractivity contribution in [2.45, 2.75) is 19.9 Å². The van der Waals surface area contributed by atoms with Crippen LogP contribution >= 0.6 is 0 Å². The molecule has 0 bridgehead atoms. The van der Waals surface area contributed by atoms with E-state index in [1.807, 2.05) is 18.7 Å². The summed E-state index contributed by atoms with van der Waals surface area (Å²) in [4.78, 5) is 34.1. The zero-order valence-electron chi connectivity index (χ0n) is 13.9. The summed E-state index contributed by atoms with van der Waals surface area (Å²) >= 11 is 0. The van der Waals surface area contributed by atoms with Crippen LogP contribution in [0.15, 0.2) is 12.1 Å². The molecule has 1 atom stereocenters. The molecule has 23 heavy (non-hydrogen) atoms. The van der Waals surface area contributed by atoms with Gasteiger partial charge in [-0.1, -0.05) is 0 Å². The molecule has 1 aromatic rings. The van der Waals surface area contributed by atoms with Crippen LogP contribution in [-0.2, 0) is 4.79 Å². The quantitative estimate of drug-likeness (QED) is 0.856. The largest absolute Gasteiger partial charge is 0.368 e. The van der Waals surface area contributed by atoms with Crippen LogP contribution < -0.4 is 10.2 Å². The Labute approximate surface area is 136 Å². The lowest BCUT2D eigenvalue weighted by molar-refractivity contribution is -0.133. The van der Waals surface area contributed by atoms with Crippen LogP contribution in [0.5, 0.6) is 0 Å². The van der Waals surface area contributed by atoms with Crippen molar-refractivity contribution in [3.63, 3.8) is 0 Å². The average molecular weight is 317 g/mol. The van der Waals surface area contributed by atoms with Gasteiger partial charge >= 0.3 is 6.03 Å². The van der Waals surface area contributed by atoms with Gasteiger partial charge in [0, 0.05) is 50.3 Å². The van der Waals surface area contributed by atoms with Gasteiger partial charge in [-0.3, -0.25) is 9.78 Å². The fourth-order valence-corrected chi connectivity index (χ4v) is 3.20. The summed E-state index contributed by atoms with van der Waals surface area (Å²) < 4.78 is 0. The Morgan fingerprint density at radius 1 is 1.17 bits per heavy atom. The predicted molar refractivity (Wildman–Crippen MR) is 87.5 cm³/mol. The summed E-state index contributed by atoms with van der Waals surface area (Å²) in [5, 5.41) is 2.73. The van der Waals surface area contributed by atoms with Crippen LogP contribution in [0.1, 0.15) is 11.4 Å². The van der Waals surface area contributed by atoms with Gasteiger partial charge in [-0.05, 0) is 26.0 Å². The highest BCUT2D eigenvalue weighted by atomic mass is 16.2. The number of anilines is 1. The number of pyridine rings is 1. The number of amides is 3. The molecule has 0 aromatic carbocycles. The highest BCUT2D eigenvalue weighted by Crippen LogP contribution is 2.19. The van der Waals surface area contributed by atoms with Crippen molar-refractivity contribution in [2.75, 3.05) is 44.7 Å². The van der Waals surface area contributed by atoms with E-state index in [2.05, 4.69) is 27.3 Å². The van der Waals surface area contributed by atoms with Gasteiger partial charge in [-0.25, -0.2) is 4.79 Å². The maximum Gasteiger partial charge on any atom is 0.317 e. The van der Waals surface area contributed by atoms with E-state index in [1.54, 1.807) is 11.9 Å². The average Bonchev–Trinajstić information content (AvgIpc) is 2.85. The topological polar surface area (TPSA) is 68.8 Å². The van der Waals surface area contributed by atoms with Crippen molar-refractivity contribution in [2.24, 2.45) is 0 Å². The van der Waals surface area contributed by atoms with Gasteiger partial charge in [0.15, 0.2) is 0 Å². The molecule has 2 saturated heterocycles. The zero-order valence-corrected chi connectivity index (χ0v) is 13.9. The van der Waals surface area contributed by atoms with E-state index in [0.29, 0.717) is 19.6 Å². The minimum absolute atomic E-state index is 0.0180. The second-order valence-electron chi connectivity index (χ2n) is 6.30. The monoisotopic (exact) mass is 317 g/mol. The molecule has 0 spiro atoms. The number of piperazine rings is 1. The summed E-state index contributed by atoms with van der Waals surface area (Å²) in [7, 11) is 1.70. The van der Waals surface area contributed by atoms with Crippen molar-refractivity contribution in [1.29, 1.82) is 0 Å². The van der Waals surface area contributed by atoms with Gasteiger partial charge in [0.05, 0.1) is 6.54 Å². The molecule has 2 aliphatic heterocycles. The van der Waals surface area contributed by atoms with E-state index >= 15 is 0 Å². The highest BCUT2D eigenvalue weighted by molar-refractivity contribution is 5.90. The third-order valence-corrected chi connectivity index (χ3v) is 4.42. The molecule has 7 nitrogen and oxygen atoms in total. The summed E-state index contributed by atoms with van der Waals surface area (Å²) in [6.07, 6.45) is 0. The highest BCUT2D eigenvalue weighted by Gasteiger charge is 2.35. The number of carbonyl (C=O) groups is 2. The third kappa shape index (κ3) is 3.23. The first-order chi connectivity index (χ1) is 10.9. The molecular formula is C16H23N5O2. The van der Waals surface area contributed by atoms with Crippen LogP contribution in [0.2, 0.25) is 0 Å². The Bertz CT molecular complexity index is 605. The van der Waals surface area contributed by atoms with E-state index in [0.717, 1.165) is 30.2 Å².